The first-order valence-electron chi connectivity index (χ1n) is 24.9. The number of para-hydroxylation sites is 10. The van der Waals surface area contributed by atoms with E-state index < -0.39 is 0 Å². The summed E-state index contributed by atoms with van der Waals surface area (Å²) in [5.41, 5.74) is 16.6. The van der Waals surface area contributed by atoms with Crippen molar-refractivity contribution < 1.29 is 0 Å². The molecule has 0 amide bonds. The quantitative estimate of drug-likeness (QED) is 0.167. The van der Waals surface area contributed by atoms with Crippen LogP contribution in [0.4, 0.5) is 0 Å². The number of rotatable bonds is 6. The van der Waals surface area contributed by atoms with E-state index in [4.69, 9.17) is 0 Å². The van der Waals surface area contributed by atoms with E-state index >= 15 is 0 Å². The predicted molar refractivity (Wildman–Crippen MR) is 304 cm³/mol. The number of fused-ring (bicyclic) bond motifs is 12. The normalized spacial score (nSPS) is 11.8. The zero-order valence-electron chi connectivity index (χ0n) is 39.8. The number of aromatic nitrogens is 4. The lowest BCUT2D eigenvalue weighted by Crippen LogP contribution is -2.05. The van der Waals surface area contributed by atoms with Gasteiger partial charge >= 0.3 is 0 Å². The summed E-state index contributed by atoms with van der Waals surface area (Å²) in [5.74, 6) is 0. The summed E-state index contributed by atoms with van der Waals surface area (Å²) in [6.07, 6.45) is 0. The summed E-state index contributed by atoms with van der Waals surface area (Å²) in [6, 6.07) is 90.7. The fourth-order valence-electron chi connectivity index (χ4n) is 12.3. The van der Waals surface area contributed by atoms with Gasteiger partial charge in [-0.2, -0.15) is 10.5 Å². The first-order valence-corrected chi connectivity index (χ1v) is 24.9. The van der Waals surface area contributed by atoms with E-state index in [0.29, 0.717) is 22.5 Å². The Hall–Kier alpha value is -10.4. The molecule has 4 heterocycles. The first-order chi connectivity index (χ1) is 36.7. The average Bonchev–Trinajstić information content (AvgIpc) is 4.22. The maximum absolute atomic E-state index is 11.5. The Morgan fingerprint density at radius 3 is 0.892 bits per heavy atom. The second-order valence-corrected chi connectivity index (χ2v) is 19.0. The summed E-state index contributed by atoms with van der Waals surface area (Å²) < 4.78 is 9.22. The van der Waals surface area contributed by atoms with E-state index in [1.165, 1.54) is 10.8 Å². The van der Waals surface area contributed by atoms with Crippen molar-refractivity contribution in [3.8, 4) is 57.1 Å². The van der Waals surface area contributed by atoms with Crippen LogP contribution in [-0.4, -0.2) is 18.3 Å². The van der Waals surface area contributed by atoms with Crippen molar-refractivity contribution in [2.45, 2.75) is 0 Å². The summed E-state index contributed by atoms with van der Waals surface area (Å²) in [5, 5.41) is 31.8. The highest BCUT2D eigenvalue weighted by Gasteiger charge is 2.27. The minimum absolute atomic E-state index is 0.396. The molecule has 15 rings (SSSR count). The van der Waals surface area contributed by atoms with Gasteiger partial charge in [0.1, 0.15) is 12.1 Å². The number of nitrogens with zero attached hydrogens (tertiary/aromatic N) is 6. The minimum Gasteiger partial charge on any atom is -0.309 e. The van der Waals surface area contributed by atoms with Crippen LogP contribution in [0.1, 0.15) is 11.1 Å². The summed E-state index contributed by atoms with van der Waals surface area (Å²) in [7, 11) is 0. The molecule has 0 aliphatic rings. The summed E-state index contributed by atoms with van der Waals surface area (Å²) >= 11 is 0. The summed E-state index contributed by atoms with van der Waals surface area (Å²) in [4.78, 5) is 0. The van der Waals surface area contributed by atoms with Crippen molar-refractivity contribution in [3.63, 3.8) is 0 Å². The molecule has 0 radical (unpaired) electrons. The topological polar surface area (TPSA) is 67.3 Å². The van der Waals surface area contributed by atoms with Crippen molar-refractivity contribution in [2.75, 3.05) is 0 Å². The van der Waals surface area contributed by atoms with Gasteiger partial charge in [0.15, 0.2) is 0 Å². The molecule has 0 saturated heterocycles. The molecule has 0 N–H and O–H groups in total. The van der Waals surface area contributed by atoms with E-state index in [1.807, 2.05) is 36.4 Å². The number of nitriles is 2. The predicted octanol–water partition coefficient (Wildman–Crippen LogP) is 17.2. The molecule has 0 spiro atoms. The van der Waals surface area contributed by atoms with Crippen LogP contribution < -0.4 is 0 Å². The Labute approximate surface area is 424 Å². The van der Waals surface area contributed by atoms with Crippen molar-refractivity contribution >= 4 is 87.2 Å². The van der Waals surface area contributed by atoms with Crippen molar-refractivity contribution in [3.05, 3.63) is 254 Å². The van der Waals surface area contributed by atoms with Gasteiger partial charge in [-0.3, -0.25) is 0 Å². The third kappa shape index (κ3) is 5.79. The molecular formula is C68H40N6. The maximum atomic E-state index is 11.5. The van der Waals surface area contributed by atoms with Crippen LogP contribution >= 0.6 is 0 Å². The molecule has 0 aliphatic heterocycles. The Morgan fingerprint density at radius 1 is 0.243 bits per heavy atom. The molecule has 0 atom stereocenters. The van der Waals surface area contributed by atoms with Crippen LogP contribution in [0.25, 0.3) is 132 Å². The van der Waals surface area contributed by atoms with Crippen molar-refractivity contribution in [1.82, 2.24) is 18.3 Å². The zero-order valence-corrected chi connectivity index (χ0v) is 39.8. The molecule has 11 aromatic carbocycles. The molecule has 0 fully saturated rings. The standard InChI is InChI=1S/C68H40N6/c69-41-43-39-47(40-44(42-70)64(43)74-62-37-13-7-23-48(62)49-24-8-14-38-63(49)74)73-67-56(54-29-15-27-52-50-25-9-11-35-60(50)71(65(52)54)45-19-3-1-4-20-45)31-17-33-58(67)59-34-18-32-57(68(59)73)55-30-16-28-53-51-26-10-12-36-61(51)72(66(53)55)46-21-5-2-6-22-46/h1-40H. The van der Waals surface area contributed by atoms with Gasteiger partial charge in [-0.15, -0.1) is 0 Å². The van der Waals surface area contributed by atoms with E-state index in [2.05, 4.69) is 237 Å². The highest BCUT2D eigenvalue weighted by molar-refractivity contribution is 6.23. The fourth-order valence-corrected chi connectivity index (χ4v) is 12.3. The van der Waals surface area contributed by atoms with Crippen LogP contribution in [0.3, 0.4) is 0 Å². The van der Waals surface area contributed by atoms with Crippen LogP contribution in [0, 0.1) is 22.7 Å². The number of hydrogen-bond donors (Lipinski definition) is 0. The molecule has 6 nitrogen and oxygen atoms in total. The van der Waals surface area contributed by atoms with Gasteiger partial charge in [0.2, 0.25) is 0 Å². The Kier molecular flexibility index (Phi) is 8.99. The van der Waals surface area contributed by atoms with Gasteiger partial charge in [-0.05, 0) is 60.7 Å². The number of hydrogen-bond acceptors (Lipinski definition) is 2. The molecule has 74 heavy (non-hydrogen) atoms. The molecule has 0 aliphatic carbocycles. The highest BCUT2D eigenvalue weighted by Crippen LogP contribution is 2.48. The Morgan fingerprint density at radius 2 is 0.527 bits per heavy atom. The van der Waals surface area contributed by atoms with Crippen LogP contribution in [0.2, 0.25) is 0 Å². The second kappa shape index (κ2) is 16.1. The van der Waals surface area contributed by atoms with Gasteiger partial charge in [-0.25, -0.2) is 0 Å². The Bertz CT molecular complexity index is 4610. The van der Waals surface area contributed by atoms with Crippen molar-refractivity contribution in [1.29, 1.82) is 10.5 Å². The first kappa shape index (κ1) is 41.4. The molecule has 0 bridgehead atoms. The molecule has 0 unspecified atom stereocenters. The fraction of sp³-hybridized carbons (Fsp3) is 0. The van der Waals surface area contributed by atoms with Gasteiger partial charge in [0.05, 0.1) is 60.9 Å². The largest absolute Gasteiger partial charge is 0.309 e. The van der Waals surface area contributed by atoms with Crippen molar-refractivity contribution in [2.24, 2.45) is 0 Å². The smallest absolute Gasteiger partial charge is 0.101 e. The zero-order chi connectivity index (χ0) is 49.0. The lowest BCUT2D eigenvalue weighted by Gasteiger charge is -2.19. The van der Waals surface area contributed by atoms with Gasteiger partial charge < -0.3 is 18.3 Å². The van der Waals surface area contributed by atoms with Gasteiger partial charge in [-0.1, -0.05) is 182 Å². The van der Waals surface area contributed by atoms with Gasteiger partial charge in [0.25, 0.3) is 0 Å². The molecule has 342 valence electrons. The minimum atomic E-state index is 0.396. The number of benzene rings is 11. The monoisotopic (exact) mass is 940 g/mol. The van der Waals surface area contributed by atoms with Gasteiger partial charge in [0, 0.05) is 82.4 Å². The van der Waals surface area contributed by atoms with E-state index in [-0.39, 0.29) is 0 Å². The molecular weight excluding hydrogens is 901 g/mol. The van der Waals surface area contributed by atoms with E-state index in [0.717, 1.165) is 110 Å². The highest BCUT2D eigenvalue weighted by atomic mass is 15.0. The third-order valence-corrected chi connectivity index (χ3v) is 15.2. The summed E-state index contributed by atoms with van der Waals surface area (Å²) in [6.45, 7) is 0. The van der Waals surface area contributed by atoms with E-state index in [1.54, 1.807) is 0 Å². The molecule has 15 aromatic rings. The average molecular weight is 941 g/mol. The van der Waals surface area contributed by atoms with Crippen LogP contribution in [-0.2, 0) is 0 Å². The SMILES string of the molecule is N#Cc1cc(-n2c3c(-c4cccc5c6ccccc6n(-c6ccccc6)c45)cccc3c3cccc(-c4cccc5c6ccccc6n(-c6ccccc6)c45)c32)cc(C#N)c1-n1c2ccccc2c2ccccc21. The maximum Gasteiger partial charge on any atom is 0.101 e. The molecule has 4 aromatic heterocycles. The Balaban J connectivity index is 1.11. The molecule has 0 saturated carbocycles. The van der Waals surface area contributed by atoms with Crippen LogP contribution in [0.15, 0.2) is 243 Å². The lowest BCUT2D eigenvalue weighted by molar-refractivity contribution is 1.12. The third-order valence-electron chi connectivity index (χ3n) is 15.2. The molecule has 6 heteroatoms. The van der Waals surface area contributed by atoms with E-state index in [9.17, 15) is 10.5 Å². The second-order valence-electron chi connectivity index (χ2n) is 19.0. The van der Waals surface area contributed by atoms with Crippen LogP contribution in [0.5, 0.6) is 0 Å². The lowest BCUT2D eigenvalue weighted by atomic mass is 9.98.